The lowest BCUT2D eigenvalue weighted by atomic mass is 9.54. The number of oxime groups is 1. The van der Waals surface area contributed by atoms with E-state index >= 15 is 0 Å². The van der Waals surface area contributed by atoms with E-state index in [0.29, 0.717) is 18.6 Å². The van der Waals surface area contributed by atoms with Crippen LogP contribution in [0.15, 0.2) is 11.4 Å². The van der Waals surface area contributed by atoms with Crippen molar-refractivity contribution >= 4 is 5.71 Å². The summed E-state index contributed by atoms with van der Waals surface area (Å²) >= 11 is 0. The van der Waals surface area contributed by atoms with Crippen LogP contribution in [0, 0.1) is 35.0 Å². The van der Waals surface area contributed by atoms with Crippen molar-refractivity contribution < 1.29 is 4.84 Å². The first-order chi connectivity index (χ1) is 16.9. The molecular formula is C29H51N5O. The third kappa shape index (κ3) is 6.67. The van der Waals surface area contributed by atoms with E-state index in [-0.39, 0.29) is 0 Å². The molecule has 0 amide bonds. The molecule has 6 nitrogen and oxygen atoms in total. The van der Waals surface area contributed by atoms with Gasteiger partial charge in [0, 0.05) is 19.2 Å². The molecule has 1 heterocycles. The molecule has 3 fully saturated rings. The molecule has 0 saturated heterocycles. The number of fused-ring (bicyclic) bond motifs is 3. The average molecular weight is 486 g/mol. The maximum absolute atomic E-state index is 5.83. The molecule has 3 saturated carbocycles. The van der Waals surface area contributed by atoms with Gasteiger partial charge in [0.1, 0.15) is 6.61 Å². The second-order valence-corrected chi connectivity index (χ2v) is 12.6. The van der Waals surface area contributed by atoms with Crippen LogP contribution in [0.2, 0.25) is 0 Å². The van der Waals surface area contributed by atoms with Crippen molar-refractivity contribution in [3.05, 3.63) is 11.9 Å². The van der Waals surface area contributed by atoms with Gasteiger partial charge in [0.2, 0.25) is 0 Å². The van der Waals surface area contributed by atoms with Gasteiger partial charge in [-0.2, -0.15) is 0 Å². The molecule has 3 aliphatic carbocycles. The van der Waals surface area contributed by atoms with Gasteiger partial charge in [-0.25, -0.2) is 4.68 Å². The van der Waals surface area contributed by atoms with Gasteiger partial charge < -0.3 is 9.74 Å². The van der Waals surface area contributed by atoms with Crippen molar-refractivity contribution in [2.75, 3.05) is 27.2 Å². The first-order valence-electron chi connectivity index (χ1n) is 14.6. The van der Waals surface area contributed by atoms with Crippen LogP contribution in [-0.2, 0) is 17.8 Å². The molecule has 4 rings (SSSR count). The fourth-order valence-corrected chi connectivity index (χ4v) is 7.59. The molecule has 0 spiro atoms. The van der Waals surface area contributed by atoms with Crippen LogP contribution in [-0.4, -0.2) is 52.9 Å². The first-order valence-corrected chi connectivity index (χ1v) is 14.6. The monoisotopic (exact) mass is 485 g/mol. The molecule has 0 aliphatic heterocycles. The predicted molar refractivity (Wildman–Crippen MR) is 143 cm³/mol. The van der Waals surface area contributed by atoms with Gasteiger partial charge in [-0.15, -0.1) is 5.10 Å². The molecule has 1 aromatic heterocycles. The molecule has 0 aromatic carbocycles. The summed E-state index contributed by atoms with van der Waals surface area (Å²) in [7, 11) is 4.16. The van der Waals surface area contributed by atoms with E-state index in [4.69, 9.17) is 4.84 Å². The summed E-state index contributed by atoms with van der Waals surface area (Å²) in [6, 6.07) is 0. The summed E-state index contributed by atoms with van der Waals surface area (Å²) in [6.45, 7) is 9.65. The van der Waals surface area contributed by atoms with Gasteiger partial charge in [0.25, 0.3) is 0 Å². The Morgan fingerprint density at radius 2 is 2.09 bits per heavy atom. The SMILES string of the molecule is CCCCC(CC1CCC2C(CCC3(C)C(C)CCC23)C1)=NOCCn1cc(CCN(C)C)nn1. The second-order valence-electron chi connectivity index (χ2n) is 12.6. The minimum absolute atomic E-state index is 0.555. The Bertz CT molecular complexity index is 820. The van der Waals surface area contributed by atoms with Crippen LogP contribution in [0.25, 0.3) is 0 Å². The van der Waals surface area contributed by atoms with Crippen LogP contribution >= 0.6 is 0 Å². The molecule has 6 atom stereocenters. The van der Waals surface area contributed by atoms with Gasteiger partial charge in [0.05, 0.1) is 18.0 Å². The Kier molecular flexibility index (Phi) is 9.29. The predicted octanol–water partition coefficient (Wildman–Crippen LogP) is 6.21. The normalized spacial score (nSPS) is 33.1. The van der Waals surface area contributed by atoms with Gasteiger partial charge in [0.15, 0.2) is 0 Å². The van der Waals surface area contributed by atoms with E-state index in [9.17, 15) is 0 Å². The highest BCUT2D eigenvalue weighted by Crippen LogP contribution is 2.61. The Labute approximate surface area is 214 Å². The van der Waals surface area contributed by atoms with Crippen molar-refractivity contribution in [2.45, 2.75) is 104 Å². The van der Waals surface area contributed by atoms with Crippen molar-refractivity contribution in [1.29, 1.82) is 0 Å². The molecule has 1 aromatic rings. The van der Waals surface area contributed by atoms with Crippen molar-refractivity contribution in [3.63, 3.8) is 0 Å². The van der Waals surface area contributed by atoms with Gasteiger partial charge >= 0.3 is 0 Å². The molecule has 35 heavy (non-hydrogen) atoms. The quantitative estimate of drug-likeness (QED) is 0.200. The standard InChI is InChI=1S/C29H51N5O/c1-6-7-8-25(31-35-18-17-34-21-26(30-32-34)14-16-33(4)5)20-23-10-11-27-24(19-23)13-15-29(3)22(2)9-12-28(27)29/h21-24,27-28H,6-20H2,1-5H3. The third-order valence-corrected chi connectivity index (χ3v) is 9.95. The molecular weight excluding hydrogens is 434 g/mol. The van der Waals surface area contributed by atoms with Crippen molar-refractivity contribution in [2.24, 2.45) is 40.2 Å². The number of hydrogen-bond acceptors (Lipinski definition) is 5. The highest BCUT2D eigenvalue weighted by molar-refractivity contribution is 5.84. The fraction of sp³-hybridized carbons (Fsp3) is 0.897. The Balaban J connectivity index is 1.25. The lowest BCUT2D eigenvalue weighted by Crippen LogP contribution is -2.43. The number of likely N-dealkylation sites (N-methyl/N-ethyl adjacent to an activating group) is 1. The summed E-state index contributed by atoms with van der Waals surface area (Å²) in [5.74, 6) is 4.67. The van der Waals surface area contributed by atoms with Crippen LogP contribution in [0.1, 0.15) is 97.1 Å². The summed E-state index contributed by atoms with van der Waals surface area (Å²) < 4.78 is 1.88. The minimum atomic E-state index is 0.555. The Morgan fingerprint density at radius 3 is 2.89 bits per heavy atom. The largest absolute Gasteiger partial charge is 0.394 e. The third-order valence-electron chi connectivity index (χ3n) is 9.95. The van der Waals surface area contributed by atoms with Crippen LogP contribution in [0.5, 0.6) is 0 Å². The lowest BCUT2D eigenvalue weighted by molar-refractivity contribution is -0.0160. The van der Waals surface area contributed by atoms with E-state index in [2.05, 4.69) is 55.2 Å². The summed E-state index contributed by atoms with van der Waals surface area (Å²) in [6.07, 6.45) is 17.7. The van der Waals surface area contributed by atoms with Crippen molar-refractivity contribution in [3.8, 4) is 0 Å². The number of hydrogen-bond donors (Lipinski definition) is 0. The van der Waals surface area contributed by atoms with Crippen molar-refractivity contribution in [1.82, 2.24) is 19.9 Å². The molecule has 0 N–H and O–H groups in total. The molecule has 198 valence electrons. The van der Waals surface area contributed by atoms with E-state index in [1.54, 1.807) is 0 Å². The number of rotatable bonds is 12. The topological polar surface area (TPSA) is 55.5 Å². The van der Waals surface area contributed by atoms with E-state index in [1.165, 1.54) is 63.5 Å². The number of nitrogens with zero attached hydrogens (tertiary/aromatic N) is 5. The Hall–Kier alpha value is -1.43. The van der Waals surface area contributed by atoms with Gasteiger partial charge in [-0.05, 0) is 113 Å². The summed E-state index contributed by atoms with van der Waals surface area (Å²) in [4.78, 5) is 7.99. The van der Waals surface area contributed by atoms with Crippen LogP contribution < -0.4 is 0 Å². The molecule has 3 aliphatic rings. The highest BCUT2D eigenvalue weighted by atomic mass is 16.6. The smallest absolute Gasteiger partial charge is 0.136 e. The average Bonchev–Trinajstić information content (AvgIpc) is 3.42. The number of aromatic nitrogens is 3. The molecule has 0 bridgehead atoms. The molecule has 6 unspecified atom stereocenters. The lowest BCUT2D eigenvalue weighted by Gasteiger charge is -2.51. The van der Waals surface area contributed by atoms with Crippen LogP contribution in [0.3, 0.4) is 0 Å². The first kappa shape index (κ1) is 26.6. The van der Waals surface area contributed by atoms with Crippen LogP contribution in [0.4, 0.5) is 0 Å². The fourth-order valence-electron chi connectivity index (χ4n) is 7.59. The Morgan fingerprint density at radius 1 is 1.23 bits per heavy atom. The highest BCUT2D eigenvalue weighted by Gasteiger charge is 2.53. The second kappa shape index (κ2) is 12.2. The van der Waals surface area contributed by atoms with Gasteiger partial charge in [-0.3, -0.25) is 0 Å². The number of unbranched alkanes of at least 4 members (excludes halogenated alkanes) is 1. The molecule has 6 heteroatoms. The summed E-state index contributed by atoms with van der Waals surface area (Å²) in [5, 5.41) is 13.2. The zero-order valence-corrected chi connectivity index (χ0v) is 23.2. The van der Waals surface area contributed by atoms with E-state index in [0.717, 1.165) is 61.1 Å². The zero-order chi connectivity index (χ0) is 24.8. The zero-order valence-electron chi connectivity index (χ0n) is 23.2. The maximum Gasteiger partial charge on any atom is 0.136 e. The van der Waals surface area contributed by atoms with E-state index in [1.807, 2.05) is 10.9 Å². The molecule has 0 radical (unpaired) electrons. The minimum Gasteiger partial charge on any atom is -0.394 e. The maximum atomic E-state index is 5.83. The van der Waals surface area contributed by atoms with E-state index < -0.39 is 0 Å². The van der Waals surface area contributed by atoms with Gasteiger partial charge in [-0.1, -0.05) is 37.6 Å². The summed E-state index contributed by atoms with van der Waals surface area (Å²) in [5.41, 5.74) is 2.96.